The minimum Gasteiger partial charge on any atom is -0.486 e. The molecule has 0 spiro atoms. The second-order valence-electron chi connectivity index (χ2n) is 8.63. The highest BCUT2D eigenvalue weighted by molar-refractivity contribution is 7.92. The van der Waals surface area contributed by atoms with E-state index in [2.05, 4.69) is 4.98 Å². The number of fused-ring (bicyclic) bond motifs is 1. The number of alkyl halides is 3. The van der Waals surface area contributed by atoms with Crippen LogP contribution in [0, 0.1) is 0 Å². The highest BCUT2D eigenvalue weighted by atomic mass is 32.2. The summed E-state index contributed by atoms with van der Waals surface area (Å²) in [6, 6.07) is 14.1. The summed E-state index contributed by atoms with van der Waals surface area (Å²) in [6.07, 6.45) is -4.50. The molecule has 0 radical (unpaired) electrons. The molecule has 192 valence electrons. The van der Waals surface area contributed by atoms with Crippen LogP contribution in [0.5, 0.6) is 5.75 Å². The first-order valence-electron chi connectivity index (χ1n) is 11.3. The highest BCUT2D eigenvalue weighted by Gasteiger charge is 2.37. The van der Waals surface area contributed by atoms with E-state index in [1.807, 2.05) is 31.1 Å². The Bertz CT molecular complexity index is 1350. The number of pyridine rings is 1. The molecule has 36 heavy (non-hydrogen) atoms. The van der Waals surface area contributed by atoms with Crippen molar-refractivity contribution in [2.75, 3.05) is 36.5 Å². The SMILES string of the molecule is CN(C)c1cccc(-c2ccc3c(c2)N(S(=O)(=O)c2cccc(C(F)(F)F)c2)CC(CCCO)O3)n1. The van der Waals surface area contributed by atoms with Crippen LogP contribution >= 0.6 is 0 Å². The lowest BCUT2D eigenvalue weighted by atomic mass is 10.1. The van der Waals surface area contributed by atoms with Crippen LogP contribution in [0.1, 0.15) is 18.4 Å². The van der Waals surface area contributed by atoms with Crippen molar-refractivity contribution in [2.24, 2.45) is 0 Å². The number of anilines is 2. The zero-order chi connectivity index (χ0) is 26.1. The fraction of sp³-hybridized carbons (Fsp3) is 0.320. The Balaban J connectivity index is 1.81. The zero-order valence-corrected chi connectivity index (χ0v) is 20.6. The molecule has 3 aromatic rings. The van der Waals surface area contributed by atoms with Crippen molar-refractivity contribution in [3.63, 3.8) is 0 Å². The van der Waals surface area contributed by atoms with Gasteiger partial charge in [-0.25, -0.2) is 13.4 Å². The number of halogens is 3. The molecule has 1 N–H and O–H groups in total. The number of hydrogen-bond donors (Lipinski definition) is 1. The third kappa shape index (κ3) is 5.26. The largest absolute Gasteiger partial charge is 0.486 e. The van der Waals surface area contributed by atoms with Gasteiger partial charge in [0.2, 0.25) is 0 Å². The van der Waals surface area contributed by atoms with Gasteiger partial charge in [-0.3, -0.25) is 4.31 Å². The number of nitrogens with zero attached hydrogens (tertiary/aromatic N) is 3. The molecule has 1 aliphatic rings. The summed E-state index contributed by atoms with van der Waals surface area (Å²) >= 11 is 0. The molecule has 1 atom stereocenters. The lowest BCUT2D eigenvalue weighted by molar-refractivity contribution is -0.137. The van der Waals surface area contributed by atoms with Gasteiger partial charge in [-0.2, -0.15) is 13.2 Å². The topological polar surface area (TPSA) is 83.0 Å². The van der Waals surface area contributed by atoms with Crippen molar-refractivity contribution in [1.29, 1.82) is 0 Å². The Kier molecular flexibility index (Phi) is 7.14. The van der Waals surface area contributed by atoms with Gasteiger partial charge in [-0.15, -0.1) is 0 Å². The van der Waals surface area contributed by atoms with E-state index in [-0.39, 0.29) is 24.6 Å². The van der Waals surface area contributed by atoms with Crippen molar-refractivity contribution >= 4 is 21.5 Å². The average Bonchev–Trinajstić information content (AvgIpc) is 2.86. The molecule has 2 aromatic carbocycles. The molecule has 0 aliphatic carbocycles. The van der Waals surface area contributed by atoms with Crippen LogP contribution in [-0.4, -0.2) is 51.9 Å². The number of sulfonamides is 1. The third-order valence-electron chi connectivity index (χ3n) is 5.81. The summed E-state index contributed by atoms with van der Waals surface area (Å²) in [4.78, 5) is 5.96. The van der Waals surface area contributed by atoms with Gasteiger partial charge in [0.1, 0.15) is 17.7 Å². The normalized spacial score (nSPS) is 15.8. The summed E-state index contributed by atoms with van der Waals surface area (Å²) in [5.74, 6) is 0.992. The fourth-order valence-corrected chi connectivity index (χ4v) is 5.51. The number of rotatable bonds is 7. The Morgan fingerprint density at radius 2 is 1.86 bits per heavy atom. The van der Waals surface area contributed by atoms with E-state index < -0.39 is 32.8 Å². The molecule has 0 fully saturated rings. The first-order valence-corrected chi connectivity index (χ1v) is 12.7. The summed E-state index contributed by atoms with van der Waals surface area (Å²) in [5, 5.41) is 9.22. The lowest BCUT2D eigenvalue weighted by Gasteiger charge is -2.36. The van der Waals surface area contributed by atoms with Gasteiger partial charge in [-0.05, 0) is 61.4 Å². The summed E-state index contributed by atoms with van der Waals surface area (Å²) < 4.78 is 74.3. The number of aliphatic hydroxyl groups is 1. The maximum atomic E-state index is 13.7. The molecular formula is C25H26F3N3O4S. The standard InChI is InChI=1S/C25H26F3N3O4S/c1-30(2)24-10-4-9-21(29-24)17-11-12-23-22(14-17)31(16-19(35-23)7-5-13-32)36(33,34)20-8-3-6-18(15-20)25(26,27)28/h3-4,6,8-12,14-15,19,32H,5,7,13,16H2,1-2H3. The van der Waals surface area contributed by atoms with Crippen molar-refractivity contribution in [2.45, 2.75) is 30.0 Å². The van der Waals surface area contributed by atoms with Crippen LogP contribution in [0.3, 0.4) is 0 Å². The van der Waals surface area contributed by atoms with E-state index in [9.17, 15) is 26.7 Å². The zero-order valence-electron chi connectivity index (χ0n) is 19.7. The Labute approximate surface area is 207 Å². The lowest BCUT2D eigenvalue weighted by Crippen LogP contribution is -2.43. The number of aromatic nitrogens is 1. The van der Waals surface area contributed by atoms with E-state index in [1.54, 1.807) is 24.3 Å². The predicted octanol–water partition coefficient (Wildman–Crippen LogP) is 4.56. The monoisotopic (exact) mass is 521 g/mol. The van der Waals surface area contributed by atoms with Crippen LogP contribution in [0.2, 0.25) is 0 Å². The molecule has 0 bridgehead atoms. The minimum atomic E-state index is -4.69. The molecular weight excluding hydrogens is 495 g/mol. The van der Waals surface area contributed by atoms with Crippen molar-refractivity contribution in [1.82, 2.24) is 4.98 Å². The van der Waals surface area contributed by atoms with Gasteiger partial charge in [-0.1, -0.05) is 12.1 Å². The van der Waals surface area contributed by atoms with Crippen molar-refractivity contribution in [3.05, 3.63) is 66.2 Å². The summed E-state index contributed by atoms with van der Waals surface area (Å²) in [5.41, 5.74) is 0.386. The molecule has 1 unspecified atom stereocenters. The van der Waals surface area contributed by atoms with E-state index in [0.717, 1.165) is 22.5 Å². The highest BCUT2D eigenvalue weighted by Crippen LogP contribution is 2.41. The van der Waals surface area contributed by atoms with Crippen molar-refractivity contribution < 1.29 is 31.4 Å². The van der Waals surface area contributed by atoms with Gasteiger partial charge in [0.15, 0.2) is 0 Å². The van der Waals surface area contributed by atoms with Gasteiger partial charge < -0.3 is 14.7 Å². The summed E-state index contributed by atoms with van der Waals surface area (Å²) in [6.45, 7) is -0.208. The molecule has 0 saturated carbocycles. The Morgan fingerprint density at radius 3 is 2.56 bits per heavy atom. The second kappa shape index (κ2) is 9.98. The quantitative estimate of drug-likeness (QED) is 0.491. The first-order chi connectivity index (χ1) is 17.0. The van der Waals surface area contributed by atoms with Crippen LogP contribution in [0.25, 0.3) is 11.3 Å². The predicted molar refractivity (Wildman–Crippen MR) is 131 cm³/mol. The molecule has 0 amide bonds. The van der Waals surface area contributed by atoms with Crippen LogP contribution in [-0.2, 0) is 16.2 Å². The van der Waals surface area contributed by atoms with E-state index in [4.69, 9.17) is 4.74 Å². The van der Waals surface area contributed by atoms with Gasteiger partial charge in [0.05, 0.1) is 28.4 Å². The fourth-order valence-electron chi connectivity index (χ4n) is 3.96. The number of hydrogen-bond acceptors (Lipinski definition) is 6. The van der Waals surface area contributed by atoms with Crippen molar-refractivity contribution in [3.8, 4) is 17.0 Å². The molecule has 11 heteroatoms. The maximum Gasteiger partial charge on any atom is 0.416 e. The van der Waals surface area contributed by atoms with Gasteiger partial charge in [0.25, 0.3) is 10.0 Å². The van der Waals surface area contributed by atoms with Gasteiger partial charge in [0, 0.05) is 26.3 Å². The molecule has 2 heterocycles. The van der Waals surface area contributed by atoms with Crippen LogP contribution in [0.15, 0.2) is 65.6 Å². The first kappa shape index (κ1) is 25.8. The van der Waals surface area contributed by atoms with Crippen LogP contribution in [0.4, 0.5) is 24.7 Å². The molecule has 7 nitrogen and oxygen atoms in total. The molecule has 4 rings (SSSR count). The van der Waals surface area contributed by atoms with Crippen LogP contribution < -0.4 is 13.9 Å². The maximum absolute atomic E-state index is 13.7. The smallest absolute Gasteiger partial charge is 0.416 e. The second-order valence-corrected chi connectivity index (χ2v) is 10.5. The minimum absolute atomic E-state index is 0.0973. The summed E-state index contributed by atoms with van der Waals surface area (Å²) in [7, 11) is -0.675. The molecule has 1 aliphatic heterocycles. The van der Waals surface area contributed by atoms with E-state index in [0.29, 0.717) is 36.0 Å². The number of aliphatic hydroxyl groups excluding tert-OH is 1. The third-order valence-corrected chi connectivity index (χ3v) is 7.59. The average molecular weight is 522 g/mol. The number of benzene rings is 2. The van der Waals surface area contributed by atoms with E-state index in [1.165, 1.54) is 0 Å². The Morgan fingerprint density at radius 1 is 1.11 bits per heavy atom. The van der Waals surface area contributed by atoms with Gasteiger partial charge >= 0.3 is 6.18 Å². The number of ether oxygens (including phenoxy) is 1. The molecule has 0 saturated heterocycles. The Hall–Kier alpha value is -3.31. The van der Waals surface area contributed by atoms with E-state index >= 15 is 0 Å². The molecule has 1 aromatic heterocycles.